The molecule has 6 nitrogen and oxygen atoms in total. The molecule has 0 bridgehead atoms. The number of aromatic hydroxyl groups is 1. The van der Waals surface area contributed by atoms with Gasteiger partial charge in [0.15, 0.2) is 0 Å². The molecule has 25 heavy (non-hydrogen) atoms. The van der Waals surface area contributed by atoms with Crippen LogP contribution in [-0.4, -0.2) is 22.6 Å². The van der Waals surface area contributed by atoms with Crippen molar-refractivity contribution in [3.8, 4) is 11.5 Å². The first-order valence-electron chi connectivity index (χ1n) is 7.98. The van der Waals surface area contributed by atoms with Crippen molar-refractivity contribution in [2.45, 2.75) is 13.3 Å². The molecule has 0 aliphatic heterocycles. The number of rotatable bonds is 5. The fourth-order valence-corrected chi connectivity index (χ4v) is 2.48. The van der Waals surface area contributed by atoms with Gasteiger partial charge in [0.25, 0.3) is 11.5 Å². The Bertz CT molecular complexity index is 961. The van der Waals surface area contributed by atoms with E-state index in [1.54, 1.807) is 48.5 Å². The number of aromatic nitrogens is 1. The lowest BCUT2D eigenvalue weighted by atomic mass is 10.1. The summed E-state index contributed by atoms with van der Waals surface area (Å²) in [6.07, 6.45) is 0.905. The average molecular weight is 338 g/mol. The number of fused-ring (bicyclic) bond motifs is 1. The smallest absolute Gasteiger partial charge is 0.265 e. The van der Waals surface area contributed by atoms with Crippen molar-refractivity contribution < 1.29 is 14.6 Å². The molecule has 3 aromatic rings. The average Bonchev–Trinajstić information content (AvgIpc) is 2.61. The molecule has 0 atom stereocenters. The maximum Gasteiger partial charge on any atom is 0.265 e. The molecular weight excluding hydrogens is 320 g/mol. The van der Waals surface area contributed by atoms with Crippen LogP contribution in [0, 0.1) is 0 Å². The molecule has 0 aliphatic carbocycles. The number of nitrogens with one attached hydrogen (secondary N) is 2. The number of para-hydroxylation sites is 1. The second-order valence-electron chi connectivity index (χ2n) is 5.55. The molecule has 3 N–H and O–H groups in total. The molecule has 1 heterocycles. The zero-order valence-corrected chi connectivity index (χ0v) is 13.7. The Morgan fingerprint density at radius 3 is 2.60 bits per heavy atom. The zero-order chi connectivity index (χ0) is 17.8. The van der Waals surface area contributed by atoms with E-state index in [2.05, 4.69) is 10.3 Å². The molecule has 1 aromatic heterocycles. The van der Waals surface area contributed by atoms with Gasteiger partial charge < -0.3 is 20.1 Å². The van der Waals surface area contributed by atoms with Crippen LogP contribution in [0.4, 0.5) is 5.69 Å². The highest BCUT2D eigenvalue weighted by Gasteiger charge is 2.19. The summed E-state index contributed by atoms with van der Waals surface area (Å²) in [6, 6.07) is 13.6. The standard InChI is InChI=1S/C19H18N2O4/c1-2-11-25-13-9-7-12(8-10-13)20-18(23)16-17(22)14-5-3-4-6-15(14)21-19(16)24/h3-10H,2,11H2,1H3,(H,20,23)(H2,21,22,24). The number of carbonyl (C=O) groups excluding carboxylic acids is 1. The number of H-pyrrole nitrogens is 1. The van der Waals surface area contributed by atoms with E-state index in [1.165, 1.54) is 0 Å². The lowest BCUT2D eigenvalue weighted by molar-refractivity contribution is 0.102. The monoisotopic (exact) mass is 338 g/mol. The van der Waals surface area contributed by atoms with Gasteiger partial charge in [-0.05, 0) is 42.8 Å². The fraction of sp³-hybridized carbons (Fsp3) is 0.158. The van der Waals surface area contributed by atoms with Crippen molar-refractivity contribution in [3.63, 3.8) is 0 Å². The molecular formula is C19H18N2O4. The molecule has 0 saturated carbocycles. The number of hydrogen-bond donors (Lipinski definition) is 3. The van der Waals surface area contributed by atoms with Crippen molar-refractivity contribution >= 4 is 22.5 Å². The Hall–Kier alpha value is -3.28. The molecule has 0 unspecified atom stereocenters. The molecule has 1 amide bonds. The van der Waals surface area contributed by atoms with Gasteiger partial charge >= 0.3 is 0 Å². The van der Waals surface area contributed by atoms with Gasteiger partial charge in [-0.3, -0.25) is 9.59 Å². The van der Waals surface area contributed by atoms with E-state index in [4.69, 9.17) is 4.74 Å². The van der Waals surface area contributed by atoms with Gasteiger partial charge in [0.2, 0.25) is 0 Å². The molecule has 0 spiro atoms. The predicted octanol–water partition coefficient (Wildman–Crippen LogP) is 3.27. The molecule has 0 aliphatic rings. The second-order valence-corrected chi connectivity index (χ2v) is 5.55. The number of ether oxygens (including phenoxy) is 1. The van der Waals surface area contributed by atoms with Gasteiger partial charge in [0.1, 0.15) is 17.1 Å². The summed E-state index contributed by atoms with van der Waals surface area (Å²) in [4.78, 5) is 27.2. The fourth-order valence-electron chi connectivity index (χ4n) is 2.48. The first-order chi connectivity index (χ1) is 12.1. The third-order valence-corrected chi connectivity index (χ3v) is 3.71. The van der Waals surface area contributed by atoms with Gasteiger partial charge in [-0.25, -0.2) is 0 Å². The Labute approximate surface area is 144 Å². The minimum atomic E-state index is -0.674. The van der Waals surface area contributed by atoms with Crippen molar-refractivity contribution in [1.29, 1.82) is 0 Å². The van der Waals surface area contributed by atoms with E-state index in [-0.39, 0.29) is 11.3 Å². The molecule has 6 heteroatoms. The molecule has 0 saturated heterocycles. The number of aromatic amines is 1. The third kappa shape index (κ3) is 3.47. The molecule has 3 rings (SSSR count). The van der Waals surface area contributed by atoms with Gasteiger partial charge in [-0.1, -0.05) is 19.1 Å². The van der Waals surface area contributed by atoms with E-state index in [9.17, 15) is 14.7 Å². The summed E-state index contributed by atoms with van der Waals surface area (Å²) in [5, 5.41) is 13.3. The van der Waals surface area contributed by atoms with Crippen LogP contribution in [0.2, 0.25) is 0 Å². The first kappa shape index (κ1) is 16.6. The Kier molecular flexibility index (Phi) is 4.70. The second kappa shape index (κ2) is 7.09. The third-order valence-electron chi connectivity index (χ3n) is 3.71. The van der Waals surface area contributed by atoms with Crippen LogP contribution in [0.25, 0.3) is 10.9 Å². The van der Waals surface area contributed by atoms with Crippen LogP contribution in [-0.2, 0) is 0 Å². The highest BCUT2D eigenvalue weighted by atomic mass is 16.5. The van der Waals surface area contributed by atoms with Crippen LogP contribution >= 0.6 is 0 Å². The Balaban J connectivity index is 1.86. The maximum atomic E-state index is 12.4. The molecule has 2 aromatic carbocycles. The van der Waals surface area contributed by atoms with Crippen molar-refractivity contribution in [1.82, 2.24) is 4.98 Å². The summed E-state index contributed by atoms with van der Waals surface area (Å²) in [5.74, 6) is -0.308. The van der Waals surface area contributed by atoms with Gasteiger partial charge in [0.05, 0.1) is 12.1 Å². The highest BCUT2D eigenvalue weighted by Crippen LogP contribution is 2.25. The number of anilines is 1. The van der Waals surface area contributed by atoms with Crippen LogP contribution in [0.15, 0.2) is 53.3 Å². The molecule has 0 fully saturated rings. The van der Waals surface area contributed by atoms with Crippen LogP contribution < -0.4 is 15.6 Å². The number of benzene rings is 2. The first-order valence-corrected chi connectivity index (χ1v) is 7.98. The van der Waals surface area contributed by atoms with E-state index in [0.29, 0.717) is 28.9 Å². The van der Waals surface area contributed by atoms with Gasteiger partial charge in [-0.15, -0.1) is 0 Å². The number of carbonyl (C=O) groups is 1. The van der Waals surface area contributed by atoms with Crippen LogP contribution in [0.5, 0.6) is 11.5 Å². The Morgan fingerprint density at radius 1 is 1.16 bits per heavy atom. The topological polar surface area (TPSA) is 91.4 Å². The Morgan fingerprint density at radius 2 is 1.88 bits per heavy atom. The van der Waals surface area contributed by atoms with E-state index < -0.39 is 11.5 Å². The summed E-state index contributed by atoms with van der Waals surface area (Å²) in [7, 11) is 0. The summed E-state index contributed by atoms with van der Waals surface area (Å²) in [5.41, 5.74) is 0.0152. The van der Waals surface area contributed by atoms with E-state index >= 15 is 0 Å². The van der Waals surface area contributed by atoms with E-state index in [1.807, 2.05) is 6.92 Å². The van der Waals surface area contributed by atoms with Gasteiger partial charge in [0, 0.05) is 11.1 Å². The molecule has 0 radical (unpaired) electrons. The SMILES string of the molecule is CCCOc1ccc(NC(=O)c2c(O)c3ccccc3[nH]c2=O)cc1. The number of pyridine rings is 1. The molecule has 128 valence electrons. The zero-order valence-electron chi connectivity index (χ0n) is 13.7. The summed E-state index contributed by atoms with van der Waals surface area (Å²) in [6.45, 7) is 2.63. The van der Waals surface area contributed by atoms with E-state index in [0.717, 1.165) is 6.42 Å². The highest BCUT2D eigenvalue weighted by molar-refractivity contribution is 6.08. The largest absolute Gasteiger partial charge is 0.506 e. The summed E-state index contributed by atoms with van der Waals surface area (Å²) < 4.78 is 5.48. The number of hydrogen-bond acceptors (Lipinski definition) is 4. The minimum Gasteiger partial charge on any atom is -0.506 e. The quantitative estimate of drug-likeness (QED) is 0.666. The maximum absolute atomic E-state index is 12.4. The normalized spacial score (nSPS) is 10.6. The van der Waals surface area contributed by atoms with Gasteiger partial charge in [-0.2, -0.15) is 0 Å². The lowest BCUT2D eigenvalue weighted by Crippen LogP contribution is -2.23. The number of amides is 1. The lowest BCUT2D eigenvalue weighted by Gasteiger charge is -2.09. The predicted molar refractivity (Wildman–Crippen MR) is 96.4 cm³/mol. The van der Waals surface area contributed by atoms with Crippen LogP contribution in [0.1, 0.15) is 23.7 Å². The van der Waals surface area contributed by atoms with Crippen molar-refractivity contribution in [2.24, 2.45) is 0 Å². The van der Waals surface area contributed by atoms with Crippen molar-refractivity contribution in [2.75, 3.05) is 11.9 Å². The minimum absolute atomic E-state index is 0.315. The van der Waals surface area contributed by atoms with Crippen molar-refractivity contribution in [3.05, 3.63) is 64.4 Å². The van der Waals surface area contributed by atoms with Crippen LogP contribution in [0.3, 0.4) is 0 Å². The summed E-state index contributed by atoms with van der Waals surface area (Å²) >= 11 is 0.